The summed E-state index contributed by atoms with van der Waals surface area (Å²) in [6.45, 7) is 15.7. The third kappa shape index (κ3) is 4.01. The second-order valence-electron chi connectivity index (χ2n) is 6.22. The molecule has 0 saturated carbocycles. The highest BCUT2D eigenvalue weighted by Gasteiger charge is 2.22. The van der Waals surface area contributed by atoms with Crippen LogP contribution in [0.15, 0.2) is 54.3 Å². The van der Waals surface area contributed by atoms with Gasteiger partial charge in [0.15, 0.2) is 0 Å². The molecule has 0 unspecified atom stereocenters. The Bertz CT molecular complexity index is 405. The molecule has 0 radical (unpaired) electrons. The minimum Gasteiger partial charge on any atom is -0.0950 e. The molecule has 1 aromatic carbocycles. The van der Waals surface area contributed by atoms with E-state index in [1.165, 1.54) is 11.1 Å². The Morgan fingerprint density at radius 2 is 1.65 bits per heavy atom. The van der Waals surface area contributed by atoms with Gasteiger partial charge in [0, 0.05) is 5.41 Å². The summed E-state index contributed by atoms with van der Waals surface area (Å²) in [7, 11) is -1.14. The second kappa shape index (κ2) is 5.05. The van der Waals surface area contributed by atoms with Crippen LogP contribution < -0.4 is 0 Å². The second-order valence-corrected chi connectivity index (χ2v) is 11.3. The highest BCUT2D eigenvalue weighted by Crippen LogP contribution is 2.31. The van der Waals surface area contributed by atoms with Gasteiger partial charge < -0.3 is 0 Å². The van der Waals surface area contributed by atoms with Crippen molar-refractivity contribution in [3.63, 3.8) is 0 Å². The van der Waals surface area contributed by atoms with E-state index in [4.69, 9.17) is 0 Å². The first-order valence-corrected chi connectivity index (χ1v) is 9.75. The maximum Gasteiger partial charge on any atom is 0.0687 e. The van der Waals surface area contributed by atoms with E-state index in [-0.39, 0.29) is 5.41 Å². The molecule has 0 aliphatic heterocycles. The molecule has 1 heteroatoms. The van der Waals surface area contributed by atoms with Crippen LogP contribution >= 0.6 is 0 Å². The van der Waals surface area contributed by atoms with Crippen molar-refractivity contribution in [2.45, 2.75) is 38.9 Å². The molecule has 1 aromatic rings. The Balaban J connectivity index is 2.92. The lowest BCUT2D eigenvalue weighted by molar-refractivity contribution is 0.642. The molecular weight excluding hydrogens is 220 g/mol. The van der Waals surface area contributed by atoms with Gasteiger partial charge in [-0.1, -0.05) is 82.2 Å². The lowest BCUT2D eigenvalue weighted by atomic mass is 9.78. The SMILES string of the molecule is C=C(/C=C\[Si](C)(C)C)C(C)(C)c1ccccc1. The molecule has 1 rings (SSSR count). The maximum atomic E-state index is 4.24. The summed E-state index contributed by atoms with van der Waals surface area (Å²) in [5, 5.41) is 0. The first-order chi connectivity index (χ1) is 7.73. The number of hydrogen-bond acceptors (Lipinski definition) is 0. The number of hydrogen-bond donors (Lipinski definition) is 0. The van der Waals surface area contributed by atoms with E-state index in [1.54, 1.807) is 0 Å². The van der Waals surface area contributed by atoms with Gasteiger partial charge in [-0.15, -0.1) is 0 Å². The van der Waals surface area contributed by atoms with Crippen LogP contribution in [0.25, 0.3) is 0 Å². The lowest BCUT2D eigenvalue weighted by Gasteiger charge is -2.26. The van der Waals surface area contributed by atoms with Crippen molar-refractivity contribution >= 4 is 8.07 Å². The van der Waals surface area contributed by atoms with Crippen LogP contribution in [0.2, 0.25) is 19.6 Å². The molecule has 0 atom stereocenters. The van der Waals surface area contributed by atoms with Crippen LogP contribution in [0.5, 0.6) is 0 Å². The molecule has 0 bridgehead atoms. The fourth-order valence-corrected chi connectivity index (χ4v) is 2.30. The predicted molar refractivity (Wildman–Crippen MR) is 81.1 cm³/mol. The van der Waals surface area contributed by atoms with Gasteiger partial charge in [0.1, 0.15) is 0 Å². The van der Waals surface area contributed by atoms with Crippen LogP contribution in [0.1, 0.15) is 19.4 Å². The Kier molecular flexibility index (Phi) is 4.15. The normalized spacial score (nSPS) is 13.0. The van der Waals surface area contributed by atoms with Crippen molar-refractivity contribution < 1.29 is 0 Å². The topological polar surface area (TPSA) is 0 Å². The van der Waals surface area contributed by atoms with E-state index in [0.29, 0.717) is 0 Å². The summed E-state index contributed by atoms with van der Waals surface area (Å²) in [5.74, 6) is 0. The van der Waals surface area contributed by atoms with E-state index in [0.717, 1.165) is 0 Å². The van der Waals surface area contributed by atoms with Crippen molar-refractivity contribution in [3.05, 3.63) is 59.8 Å². The van der Waals surface area contributed by atoms with Gasteiger partial charge in [-0.05, 0) is 11.1 Å². The quantitative estimate of drug-likeness (QED) is 0.519. The zero-order valence-corrected chi connectivity index (χ0v) is 12.7. The number of rotatable bonds is 4. The zero-order chi connectivity index (χ0) is 13.1. The highest BCUT2D eigenvalue weighted by atomic mass is 28.3. The largest absolute Gasteiger partial charge is 0.0950 e. The molecule has 0 aliphatic rings. The standard InChI is InChI=1S/C16H24Si/c1-14(12-13-17(4,5)6)16(2,3)15-10-8-7-9-11-15/h7-13H,1H2,2-6H3/b13-12-. The molecule has 92 valence electrons. The van der Waals surface area contributed by atoms with Crippen LogP contribution in [0.3, 0.4) is 0 Å². The van der Waals surface area contributed by atoms with E-state index in [9.17, 15) is 0 Å². The summed E-state index contributed by atoms with van der Waals surface area (Å²) in [4.78, 5) is 0. The average molecular weight is 244 g/mol. The van der Waals surface area contributed by atoms with E-state index >= 15 is 0 Å². The van der Waals surface area contributed by atoms with Gasteiger partial charge in [0.2, 0.25) is 0 Å². The molecule has 0 heterocycles. The Morgan fingerprint density at radius 1 is 1.12 bits per heavy atom. The fourth-order valence-electron chi connectivity index (χ4n) is 1.60. The molecule has 17 heavy (non-hydrogen) atoms. The Morgan fingerprint density at radius 3 is 2.12 bits per heavy atom. The van der Waals surface area contributed by atoms with Gasteiger partial charge in [0.25, 0.3) is 0 Å². The van der Waals surface area contributed by atoms with Crippen LogP contribution in [-0.4, -0.2) is 8.07 Å². The van der Waals surface area contributed by atoms with E-state index < -0.39 is 8.07 Å². The Labute approximate surface area is 107 Å². The molecule has 0 saturated heterocycles. The first kappa shape index (κ1) is 14.0. The van der Waals surface area contributed by atoms with Crippen molar-refractivity contribution in [1.82, 2.24) is 0 Å². The van der Waals surface area contributed by atoms with E-state index in [2.05, 4.69) is 82.2 Å². The molecule has 0 aromatic heterocycles. The smallest absolute Gasteiger partial charge is 0.0687 e. The highest BCUT2D eigenvalue weighted by molar-refractivity contribution is 6.81. The first-order valence-electron chi connectivity index (χ1n) is 6.17. The predicted octanol–water partition coefficient (Wildman–Crippen LogP) is 4.95. The minimum absolute atomic E-state index is 0.0113. The van der Waals surface area contributed by atoms with Crippen LogP contribution in [0, 0.1) is 0 Å². The molecular formula is C16H24Si. The third-order valence-corrected chi connectivity index (χ3v) is 4.25. The van der Waals surface area contributed by atoms with Crippen molar-refractivity contribution in [3.8, 4) is 0 Å². The summed E-state index contributed by atoms with van der Waals surface area (Å²) >= 11 is 0. The minimum atomic E-state index is -1.14. The fraction of sp³-hybridized carbons (Fsp3) is 0.375. The summed E-state index contributed by atoms with van der Waals surface area (Å²) in [5.41, 5.74) is 4.88. The van der Waals surface area contributed by atoms with Crippen molar-refractivity contribution in [2.75, 3.05) is 0 Å². The van der Waals surface area contributed by atoms with Crippen LogP contribution in [-0.2, 0) is 5.41 Å². The summed E-state index contributed by atoms with van der Waals surface area (Å²) in [6, 6.07) is 10.6. The molecule has 0 spiro atoms. The maximum absolute atomic E-state index is 4.24. The number of benzene rings is 1. The molecule has 0 aliphatic carbocycles. The summed E-state index contributed by atoms with van der Waals surface area (Å²) < 4.78 is 0. The zero-order valence-electron chi connectivity index (χ0n) is 11.7. The van der Waals surface area contributed by atoms with Crippen molar-refractivity contribution in [1.29, 1.82) is 0 Å². The van der Waals surface area contributed by atoms with Crippen LogP contribution in [0.4, 0.5) is 0 Å². The molecule has 0 nitrogen and oxygen atoms in total. The van der Waals surface area contributed by atoms with Gasteiger partial charge in [-0.2, -0.15) is 0 Å². The molecule has 0 fully saturated rings. The van der Waals surface area contributed by atoms with Gasteiger partial charge in [-0.25, -0.2) is 0 Å². The van der Waals surface area contributed by atoms with Gasteiger partial charge in [-0.3, -0.25) is 0 Å². The number of allylic oxidation sites excluding steroid dienone is 2. The van der Waals surface area contributed by atoms with E-state index in [1.807, 2.05) is 0 Å². The Hall–Kier alpha value is -1.08. The van der Waals surface area contributed by atoms with Gasteiger partial charge in [0.05, 0.1) is 8.07 Å². The molecule has 0 N–H and O–H groups in total. The monoisotopic (exact) mass is 244 g/mol. The third-order valence-electron chi connectivity index (χ3n) is 3.08. The molecule has 0 amide bonds. The van der Waals surface area contributed by atoms with Gasteiger partial charge >= 0.3 is 0 Å². The summed E-state index contributed by atoms with van der Waals surface area (Å²) in [6.07, 6.45) is 2.22. The van der Waals surface area contributed by atoms with Crippen molar-refractivity contribution in [2.24, 2.45) is 0 Å². The average Bonchev–Trinajstić information content (AvgIpc) is 2.26. The lowest BCUT2D eigenvalue weighted by Crippen LogP contribution is -2.20.